The molecular weight excluding hydrogens is 323 g/mol. The van der Waals surface area contributed by atoms with Crippen molar-refractivity contribution < 1.29 is 17.9 Å². The summed E-state index contributed by atoms with van der Waals surface area (Å²) in [7, 11) is 1.19. The van der Waals surface area contributed by atoms with Gasteiger partial charge in [-0.25, -0.2) is 13.2 Å². The number of rotatable bonds is 2. The third-order valence-corrected chi connectivity index (χ3v) is 3.13. The molecule has 6 heteroatoms. The van der Waals surface area contributed by atoms with E-state index in [0.29, 0.717) is 4.47 Å². The molecule has 0 aliphatic heterocycles. The molecular formula is C13H9BrF3NO. The van der Waals surface area contributed by atoms with Crippen LogP contribution in [0.3, 0.4) is 0 Å². The standard InChI is InChI=1S/C13H9BrF3NO/c1-19-10-5-9(16)13(18)11(12(10)17)7-3-2-6(14)4-8(7)15/h2-5H,18H2,1H3. The number of nitrogens with two attached hydrogens (primary N) is 1. The summed E-state index contributed by atoms with van der Waals surface area (Å²) in [4.78, 5) is 0. The smallest absolute Gasteiger partial charge is 0.175 e. The Labute approximate surface area is 116 Å². The molecule has 2 rings (SSSR count). The van der Waals surface area contributed by atoms with Crippen LogP contribution in [0.15, 0.2) is 28.7 Å². The second-order valence-electron chi connectivity index (χ2n) is 3.79. The molecule has 0 aromatic heterocycles. The molecule has 2 aromatic rings. The lowest BCUT2D eigenvalue weighted by Crippen LogP contribution is -2.02. The minimum atomic E-state index is -0.900. The van der Waals surface area contributed by atoms with Crippen molar-refractivity contribution >= 4 is 21.6 Å². The average Bonchev–Trinajstić information content (AvgIpc) is 2.36. The van der Waals surface area contributed by atoms with Gasteiger partial charge in [-0.05, 0) is 12.1 Å². The van der Waals surface area contributed by atoms with E-state index in [1.54, 1.807) is 0 Å². The highest BCUT2D eigenvalue weighted by Gasteiger charge is 2.21. The molecule has 0 amide bonds. The number of halogens is 4. The van der Waals surface area contributed by atoms with E-state index in [9.17, 15) is 13.2 Å². The highest BCUT2D eigenvalue weighted by molar-refractivity contribution is 9.10. The lowest BCUT2D eigenvalue weighted by Gasteiger charge is -2.12. The van der Waals surface area contributed by atoms with Crippen LogP contribution in [0.4, 0.5) is 18.9 Å². The van der Waals surface area contributed by atoms with Gasteiger partial charge in [0.05, 0.1) is 18.4 Å². The lowest BCUT2D eigenvalue weighted by atomic mass is 10.0. The Morgan fingerprint density at radius 2 is 1.79 bits per heavy atom. The van der Waals surface area contributed by atoms with Crippen molar-refractivity contribution in [3.05, 3.63) is 46.2 Å². The Balaban J connectivity index is 2.77. The van der Waals surface area contributed by atoms with Gasteiger partial charge in [0, 0.05) is 16.1 Å². The van der Waals surface area contributed by atoms with Crippen molar-refractivity contribution in [2.75, 3.05) is 12.8 Å². The molecule has 0 aliphatic carbocycles. The maximum Gasteiger partial charge on any atom is 0.175 e. The molecule has 2 nitrogen and oxygen atoms in total. The molecule has 100 valence electrons. The summed E-state index contributed by atoms with van der Waals surface area (Å²) in [5.41, 5.74) is 4.56. The molecule has 19 heavy (non-hydrogen) atoms. The Hall–Kier alpha value is -1.69. The second kappa shape index (κ2) is 5.13. The third kappa shape index (κ3) is 2.40. The number of methoxy groups -OCH3 is 1. The molecule has 0 aliphatic rings. The van der Waals surface area contributed by atoms with Crippen molar-refractivity contribution in [2.24, 2.45) is 0 Å². The predicted molar refractivity (Wildman–Crippen MR) is 70.4 cm³/mol. The fourth-order valence-electron chi connectivity index (χ4n) is 1.72. The first kappa shape index (κ1) is 13.7. The number of benzene rings is 2. The van der Waals surface area contributed by atoms with Gasteiger partial charge in [0.15, 0.2) is 17.4 Å². The number of anilines is 1. The zero-order valence-electron chi connectivity index (χ0n) is 9.81. The van der Waals surface area contributed by atoms with E-state index in [2.05, 4.69) is 15.9 Å². The van der Waals surface area contributed by atoms with Gasteiger partial charge in [-0.2, -0.15) is 0 Å². The first-order chi connectivity index (χ1) is 8.95. The van der Waals surface area contributed by atoms with E-state index < -0.39 is 23.1 Å². The lowest BCUT2D eigenvalue weighted by molar-refractivity contribution is 0.384. The maximum absolute atomic E-state index is 14.1. The van der Waals surface area contributed by atoms with Gasteiger partial charge in [0.1, 0.15) is 5.82 Å². The van der Waals surface area contributed by atoms with E-state index >= 15 is 0 Å². The molecule has 0 fully saturated rings. The van der Waals surface area contributed by atoms with Crippen LogP contribution in [0, 0.1) is 17.5 Å². The summed E-state index contributed by atoms with van der Waals surface area (Å²) in [5, 5.41) is 0. The quantitative estimate of drug-likeness (QED) is 0.840. The largest absolute Gasteiger partial charge is 0.494 e. The van der Waals surface area contributed by atoms with Crippen molar-refractivity contribution in [2.45, 2.75) is 0 Å². The molecule has 0 saturated carbocycles. The van der Waals surface area contributed by atoms with Crippen molar-refractivity contribution in [3.63, 3.8) is 0 Å². The second-order valence-corrected chi connectivity index (χ2v) is 4.70. The molecule has 0 radical (unpaired) electrons. The molecule has 0 spiro atoms. The topological polar surface area (TPSA) is 35.2 Å². The zero-order chi connectivity index (χ0) is 14.2. The van der Waals surface area contributed by atoms with Gasteiger partial charge in [-0.3, -0.25) is 0 Å². The highest BCUT2D eigenvalue weighted by atomic mass is 79.9. The number of ether oxygens (including phenoxy) is 1. The van der Waals surface area contributed by atoms with Crippen LogP contribution in [-0.4, -0.2) is 7.11 Å². The van der Waals surface area contributed by atoms with Crippen LogP contribution in [0.25, 0.3) is 11.1 Å². The van der Waals surface area contributed by atoms with Gasteiger partial charge in [0.2, 0.25) is 0 Å². The molecule has 0 atom stereocenters. The summed E-state index contributed by atoms with van der Waals surface area (Å²) in [6, 6.07) is 4.79. The van der Waals surface area contributed by atoms with E-state index in [1.165, 1.54) is 19.2 Å². The van der Waals surface area contributed by atoms with Crippen LogP contribution in [0.2, 0.25) is 0 Å². The molecule has 0 bridgehead atoms. The average molecular weight is 332 g/mol. The minimum Gasteiger partial charge on any atom is -0.494 e. The first-order valence-electron chi connectivity index (χ1n) is 5.22. The number of hydrogen-bond donors (Lipinski definition) is 1. The number of hydrogen-bond acceptors (Lipinski definition) is 2. The maximum atomic E-state index is 14.1. The fourth-order valence-corrected chi connectivity index (χ4v) is 2.05. The van der Waals surface area contributed by atoms with E-state index in [4.69, 9.17) is 10.5 Å². The fraction of sp³-hybridized carbons (Fsp3) is 0.0769. The summed E-state index contributed by atoms with van der Waals surface area (Å²) in [6.45, 7) is 0. The molecule has 0 heterocycles. The Bertz CT molecular complexity index is 646. The van der Waals surface area contributed by atoms with E-state index in [-0.39, 0.29) is 16.9 Å². The highest BCUT2D eigenvalue weighted by Crippen LogP contribution is 2.38. The Morgan fingerprint density at radius 3 is 2.37 bits per heavy atom. The van der Waals surface area contributed by atoms with Crippen molar-refractivity contribution in [1.29, 1.82) is 0 Å². The summed E-state index contributed by atoms with van der Waals surface area (Å²) < 4.78 is 46.8. The Morgan fingerprint density at radius 1 is 1.11 bits per heavy atom. The normalized spacial score (nSPS) is 10.6. The third-order valence-electron chi connectivity index (χ3n) is 2.64. The summed E-state index contributed by atoms with van der Waals surface area (Å²) in [6.07, 6.45) is 0. The van der Waals surface area contributed by atoms with Crippen LogP contribution < -0.4 is 10.5 Å². The molecule has 0 unspecified atom stereocenters. The van der Waals surface area contributed by atoms with Gasteiger partial charge in [0.25, 0.3) is 0 Å². The van der Waals surface area contributed by atoms with Crippen LogP contribution in [-0.2, 0) is 0 Å². The Kier molecular flexibility index (Phi) is 3.71. The van der Waals surface area contributed by atoms with Gasteiger partial charge < -0.3 is 10.5 Å². The van der Waals surface area contributed by atoms with Crippen molar-refractivity contribution in [1.82, 2.24) is 0 Å². The first-order valence-corrected chi connectivity index (χ1v) is 6.02. The zero-order valence-corrected chi connectivity index (χ0v) is 11.4. The van der Waals surface area contributed by atoms with Gasteiger partial charge in [-0.15, -0.1) is 0 Å². The van der Waals surface area contributed by atoms with Gasteiger partial charge in [-0.1, -0.05) is 22.0 Å². The molecule has 2 aromatic carbocycles. The SMILES string of the molecule is COc1cc(F)c(N)c(-c2ccc(Br)cc2F)c1F. The monoisotopic (exact) mass is 331 g/mol. The van der Waals surface area contributed by atoms with E-state index in [1.807, 2.05) is 0 Å². The van der Waals surface area contributed by atoms with Crippen LogP contribution in [0.1, 0.15) is 0 Å². The summed E-state index contributed by atoms with van der Waals surface area (Å²) in [5.74, 6) is -2.81. The summed E-state index contributed by atoms with van der Waals surface area (Å²) >= 11 is 3.08. The predicted octanol–water partition coefficient (Wildman–Crippen LogP) is 4.12. The van der Waals surface area contributed by atoms with Crippen LogP contribution in [0.5, 0.6) is 5.75 Å². The van der Waals surface area contributed by atoms with E-state index in [0.717, 1.165) is 12.1 Å². The number of nitrogen functional groups attached to an aromatic ring is 1. The van der Waals surface area contributed by atoms with Crippen LogP contribution >= 0.6 is 15.9 Å². The molecule has 0 saturated heterocycles. The molecule has 2 N–H and O–H groups in total. The minimum absolute atomic E-state index is 0.129. The van der Waals surface area contributed by atoms with Gasteiger partial charge >= 0.3 is 0 Å². The van der Waals surface area contributed by atoms with Crippen molar-refractivity contribution in [3.8, 4) is 16.9 Å².